The predicted molar refractivity (Wildman–Crippen MR) is 126 cm³/mol. The summed E-state index contributed by atoms with van der Waals surface area (Å²) < 4.78 is 10.8. The molecule has 4 aromatic carbocycles. The number of benzene rings is 4. The number of anilines is 2. The van der Waals surface area contributed by atoms with Gasteiger partial charge in [-0.15, -0.1) is 0 Å². The summed E-state index contributed by atoms with van der Waals surface area (Å²) in [4.78, 5) is 24.4. The molecule has 0 aliphatic heterocycles. The lowest BCUT2D eigenvalue weighted by Gasteiger charge is -2.11. The second kappa shape index (κ2) is 9.60. The average Bonchev–Trinajstić information content (AvgIpc) is 2.77. The summed E-state index contributed by atoms with van der Waals surface area (Å²) in [6.45, 7) is 0. The fourth-order valence-corrected chi connectivity index (χ4v) is 3.20. The first kappa shape index (κ1) is 21.5. The van der Waals surface area contributed by atoms with Crippen LogP contribution in [0.4, 0.5) is 21.0 Å². The lowest BCUT2D eigenvalue weighted by atomic mass is 10.1. The van der Waals surface area contributed by atoms with Crippen molar-refractivity contribution in [3.8, 4) is 11.5 Å². The third-order valence-electron chi connectivity index (χ3n) is 4.41. The zero-order valence-corrected chi connectivity index (χ0v) is 18.0. The highest BCUT2D eigenvalue weighted by atomic mass is 35.5. The molecular formula is C24H16Cl2N2O4. The molecule has 0 unspecified atom stereocenters. The standard InChI is InChI=1S/C24H16Cl2N2O4/c25-16-4-8-18(9-5-16)27-23(29)31-20-12-13-21-15(14-20)2-1-3-22(21)32-24(30)28-19-10-6-17(26)7-11-19/h1-14H,(H,27,29)(H,28,30). The number of amides is 2. The van der Waals surface area contributed by atoms with E-state index in [1.165, 1.54) is 0 Å². The number of hydrogen-bond acceptors (Lipinski definition) is 4. The molecule has 0 aliphatic rings. The first-order chi connectivity index (χ1) is 15.5. The van der Waals surface area contributed by atoms with E-state index in [0.29, 0.717) is 38.3 Å². The molecule has 4 aromatic rings. The summed E-state index contributed by atoms with van der Waals surface area (Å²) in [5.41, 5.74) is 1.12. The van der Waals surface area contributed by atoms with Crippen molar-refractivity contribution in [3.05, 3.63) is 95.0 Å². The van der Waals surface area contributed by atoms with Crippen LogP contribution < -0.4 is 20.1 Å². The third-order valence-corrected chi connectivity index (χ3v) is 4.91. The number of hydrogen-bond donors (Lipinski definition) is 2. The van der Waals surface area contributed by atoms with Gasteiger partial charge in [0, 0.05) is 26.8 Å². The van der Waals surface area contributed by atoms with Gasteiger partial charge in [0.05, 0.1) is 0 Å². The van der Waals surface area contributed by atoms with Crippen LogP contribution in [0.3, 0.4) is 0 Å². The van der Waals surface area contributed by atoms with Crippen LogP contribution in [0.25, 0.3) is 10.8 Å². The summed E-state index contributed by atoms with van der Waals surface area (Å²) in [7, 11) is 0. The normalized spacial score (nSPS) is 10.4. The number of ether oxygens (including phenoxy) is 2. The molecule has 0 aromatic heterocycles. The molecule has 160 valence electrons. The summed E-state index contributed by atoms with van der Waals surface area (Å²) in [5.74, 6) is 0.706. The molecule has 32 heavy (non-hydrogen) atoms. The molecule has 0 saturated carbocycles. The predicted octanol–water partition coefficient (Wildman–Crippen LogP) is 7.37. The molecule has 0 atom stereocenters. The molecule has 4 rings (SSSR count). The quantitative estimate of drug-likeness (QED) is 0.329. The molecule has 8 heteroatoms. The Kier molecular flexibility index (Phi) is 6.44. The number of carbonyl (C=O) groups is 2. The van der Waals surface area contributed by atoms with E-state index in [4.69, 9.17) is 32.7 Å². The maximum Gasteiger partial charge on any atom is 0.417 e. The molecule has 0 spiro atoms. The fourth-order valence-electron chi connectivity index (χ4n) is 2.94. The van der Waals surface area contributed by atoms with Gasteiger partial charge in [-0.2, -0.15) is 0 Å². The first-order valence-corrected chi connectivity index (χ1v) is 10.2. The minimum absolute atomic E-state index is 0.340. The lowest BCUT2D eigenvalue weighted by molar-refractivity contribution is 0.214. The zero-order chi connectivity index (χ0) is 22.5. The number of rotatable bonds is 4. The van der Waals surface area contributed by atoms with Crippen LogP contribution in [-0.2, 0) is 0 Å². The molecular weight excluding hydrogens is 451 g/mol. The van der Waals surface area contributed by atoms with Crippen molar-refractivity contribution in [2.75, 3.05) is 10.6 Å². The third kappa shape index (κ3) is 5.49. The molecule has 0 fully saturated rings. The van der Waals surface area contributed by atoms with E-state index < -0.39 is 12.2 Å². The van der Waals surface area contributed by atoms with Gasteiger partial charge in [-0.05, 0) is 78.2 Å². The summed E-state index contributed by atoms with van der Waals surface area (Å²) >= 11 is 11.7. The SMILES string of the molecule is O=C(Nc1ccc(Cl)cc1)Oc1ccc2c(OC(=O)Nc3ccc(Cl)cc3)cccc2c1. The van der Waals surface area contributed by atoms with Crippen molar-refractivity contribution >= 4 is 57.5 Å². The van der Waals surface area contributed by atoms with Crippen molar-refractivity contribution < 1.29 is 19.1 Å². The smallest absolute Gasteiger partial charge is 0.410 e. The maximum absolute atomic E-state index is 12.3. The van der Waals surface area contributed by atoms with E-state index in [1.807, 2.05) is 6.07 Å². The number of carbonyl (C=O) groups excluding carboxylic acids is 2. The van der Waals surface area contributed by atoms with Crippen molar-refractivity contribution in [3.63, 3.8) is 0 Å². The highest BCUT2D eigenvalue weighted by Crippen LogP contribution is 2.29. The second-order valence-electron chi connectivity index (χ2n) is 6.68. The molecule has 2 N–H and O–H groups in total. The number of nitrogens with one attached hydrogen (secondary N) is 2. The monoisotopic (exact) mass is 466 g/mol. The molecule has 2 amide bonds. The van der Waals surface area contributed by atoms with Gasteiger partial charge >= 0.3 is 12.2 Å². The second-order valence-corrected chi connectivity index (χ2v) is 7.55. The maximum atomic E-state index is 12.3. The molecule has 0 aliphatic carbocycles. The van der Waals surface area contributed by atoms with Crippen molar-refractivity contribution in [2.45, 2.75) is 0 Å². The van der Waals surface area contributed by atoms with Crippen LogP contribution in [0.2, 0.25) is 10.0 Å². The molecule has 0 radical (unpaired) electrons. The Balaban J connectivity index is 1.44. The lowest BCUT2D eigenvalue weighted by Crippen LogP contribution is -2.17. The van der Waals surface area contributed by atoms with Crippen molar-refractivity contribution in [1.82, 2.24) is 0 Å². The minimum atomic E-state index is -0.638. The van der Waals surface area contributed by atoms with Gasteiger partial charge in [0.1, 0.15) is 11.5 Å². The zero-order valence-electron chi connectivity index (χ0n) is 16.5. The summed E-state index contributed by atoms with van der Waals surface area (Å²) in [5, 5.41) is 7.82. The van der Waals surface area contributed by atoms with Crippen LogP contribution in [0.1, 0.15) is 0 Å². The van der Waals surface area contributed by atoms with E-state index in [-0.39, 0.29) is 0 Å². The summed E-state index contributed by atoms with van der Waals surface area (Å²) in [6, 6.07) is 23.6. The van der Waals surface area contributed by atoms with Gasteiger partial charge in [-0.25, -0.2) is 9.59 Å². The molecule has 0 heterocycles. The van der Waals surface area contributed by atoms with Crippen LogP contribution in [0, 0.1) is 0 Å². The van der Waals surface area contributed by atoms with Gasteiger partial charge in [0.25, 0.3) is 0 Å². The average molecular weight is 467 g/mol. The number of halogens is 2. The Morgan fingerprint density at radius 1 is 0.656 bits per heavy atom. The Morgan fingerprint density at radius 2 is 1.22 bits per heavy atom. The highest BCUT2D eigenvalue weighted by molar-refractivity contribution is 6.31. The molecule has 0 bridgehead atoms. The Hall–Kier alpha value is -3.74. The van der Waals surface area contributed by atoms with Gasteiger partial charge in [0.2, 0.25) is 0 Å². The van der Waals surface area contributed by atoms with E-state index in [1.54, 1.807) is 78.9 Å². The van der Waals surface area contributed by atoms with E-state index in [2.05, 4.69) is 10.6 Å². The Bertz CT molecular complexity index is 1280. The highest BCUT2D eigenvalue weighted by Gasteiger charge is 2.11. The van der Waals surface area contributed by atoms with Crippen LogP contribution in [0.15, 0.2) is 84.9 Å². The topological polar surface area (TPSA) is 76.7 Å². The van der Waals surface area contributed by atoms with Gasteiger partial charge in [-0.1, -0.05) is 35.3 Å². The van der Waals surface area contributed by atoms with Gasteiger partial charge in [-0.3, -0.25) is 10.6 Å². The summed E-state index contributed by atoms with van der Waals surface area (Å²) in [6.07, 6.45) is -1.27. The van der Waals surface area contributed by atoms with Crippen LogP contribution in [0.5, 0.6) is 11.5 Å². The first-order valence-electron chi connectivity index (χ1n) is 9.48. The van der Waals surface area contributed by atoms with Crippen LogP contribution in [-0.4, -0.2) is 12.2 Å². The Labute approximate surface area is 193 Å². The van der Waals surface area contributed by atoms with E-state index >= 15 is 0 Å². The minimum Gasteiger partial charge on any atom is -0.410 e. The Morgan fingerprint density at radius 3 is 1.81 bits per heavy atom. The largest absolute Gasteiger partial charge is 0.417 e. The van der Waals surface area contributed by atoms with E-state index in [9.17, 15) is 9.59 Å². The fraction of sp³-hybridized carbons (Fsp3) is 0. The number of fused-ring (bicyclic) bond motifs is 1. The molecule has 0 saturated heterocycles. The van der Waals surface area contributed by atoms with Crippen molar-refractivity contribution in [1.29, 1.82) is 0 Å². The van der Waals surface area contributed by atoms with Crippen molar-refractivity contribution in [2.24, 2.45) is 0 Å². The van der Waals surface area contributed by atoms with Gasteiger partial charge in [0.15, 0.2) is 0 Å². The molecule has 6 nitrogen and oxygen atoms in total. The van der Waals surface area contributed by atoms with E-state index in [0.717, 1.165) is 5.39 Å². The van der Waals surface area contributed by atoms with Crippen LogP contribution >= 0.6 is 23.2 Å². The van der Waals surface area contributed by atoms with Gasteiger partial charge < -0.3 is 9.47 Å².